The van der Waals surface area contributed by atoms with Crippen LogP contribution >= 0.6 is 15.9 Å². The maximum Gasteiger partial charge on any atom is 0.256 e. The van der Waals surface area contributed by atoms with Gasteiger partial charge in [0.15, 0.2) is 5.82 Å². The van der Waals surface area contributed by atoms with Crippen molar-refractivity contribution >= 4 is 27.7 Å². The van der Waals surface area contributed by atoms with Crippen LogP contribution in [0.1, 0.15) is 10.4 Å². The summed E-state index contributed by atoms with van der Waals surface area (Å²) < 4.78 is 13.5. The average molecular weight is 296 g/mol. The fraction of sp³-hybridized carbons (Fsp3) is 0. The minimum Gasteiger partial charge on any atom is -0.305 e. The van der Waals surface area contributed by atoms with Gasteiger partial charge in [0, 0.05) is 5.56 Å². The number of hydrogen-bond acceptors (Lipinski definition) is 3. The molecule has 0 fully saturated rings. The van der Waals surface area contributed by atoms with E-state index in [0.29, 0.717) is 10.4 Å². The van der Waals surface area contributed by atoms with Crippen molar-refractivity contribution in [3.05, 3.63) is 52.6 Å². The largest absolute Gasteiger partial charge is 0.305 e. The van der Waals surface area contributed by atoms with Crippen LogP contribution in [0.25, 0.3) is 0 Å². The van der Waals surface area contributed by atoms with Gasteiger partial charge in [0.05, 0.1) is 12.4 Å². The number of anilines is 1. The van der Waals surface area contributed by atoms with Gasteiger partial charge in [0.1, 0.15) is 10.4 Å². The van der Waals surface area contributed by atoms with Crippen LogP contribution in [0.15, 0.2) is 41.3 Å². The molecule has 86 valence electrons. The van der Waals surface area contributed by atoms with Crippen molar-refractivity contribution < 1.29 is 9.18 Å². The highest BCUT2D eigenvalue weighted by atomic mass is 79.9. The molecule has 1 heterocycles. The van der Waals surface area contributed by atoms with E-state index in [9.17, 15) is 9.18 Å². The second kappa shape index (κ2) is 5.01. The lowest BCUT2D eigenvalue weighted by molar-refractivity contribution is 0.102. The summed E-state index contributed by atoms with van der Waals surface area (Å²) in [6, 6.07) is 5.42. The average Bonchev–Trinajstić information content (AvgIpc) is 2.32. The first-order chi connectivity index (χ1) is 8.15. The molecule has 2 rings (SSSR count). The molecule has 0 aliphatic carbocycles. The molecule has 0 bridgehead atoms. The highest BCUT2D eigenvalue weighted by molar-refractivity contribution is 9.10. The van der Waals surface area contributed by atoms with Crippen molar-refractivity contribution in [3.63, 3.8) is 0 Å². The van der Waals surface area contributed by atoms with Gasteiger partial charge in [-0.2, -0.15) is 0 Å². The molecule has 1 N–H and O–H groups in total. The summed E-state index contributed by atoms with van der Waals surface area (Å²) in [5.74, 6) is -0.580. The molecule has 0 saturated carbocycles. The lowest BCUT2D eigenvalue weighted by atomic mass is 10.2. The van der Waals surface area contributed by atoms with Crippen LogP contribution in [0.3, 0.4) is 0 Å². The summed E-state index contributed by atoms with van der Waals surface area (Å²) in [6.07, 6.45) is 2.86. The third-order valence-electron chi connectivity index (χ3n) is 1.95. The minimum atomic E-state index is -0.459. The van der Waals surface area contributed by atoms with Crippen LogP contribution in [0.5, 0.6) is 0 Å². The van der Waals surface area contributed by atoms with Crippen LogP contribution in [0.2, 0.25) is 0 Å². The number of nitrogens with one attached hydrogen (secondary N) is 1. The maximum absolute atomic E-state index is 12.9. The third kappa shape index (κ3) is 3.07. The summed E-state index contributed by atoms with van der Waals surface area (Å²) in [5.41, 5.74) is 0.231. The van der Waals surface area contributed by atoms with Gasteiger partial charge in [0.2, 0.25) is 0 Å². The van der Waals surface area contributed by atoms with E-state index >= 15 is 0 Å². The van der Waals surface area contributed by atoms with Gasteiger partial charge >= 0.3 is 0 Å². The second-order valence-corrected chi connectivity index (χ2v) is 4.00. The Morgan fingerprint density at radius 1 is 1.29 bits per heavy atom. The van der Waals surface area contributed by atoms with E-state index in [-0.39, 0.29) is 5.56 Å². The zero-order valence-corrected chi connectivity index (χ0v) is 10.1. The van der Waals surface area contributed by atoms with Crippen LogP contribution in [-0.4, -0.2) is 15.9 Å². The predicted molar refractivity (Wildman–Crippen MR) is 64.1 cm³/mol. The SMILES string of the molecule is O=C(Nc1cnc(Br)cn1)c1cccc(F)c1. The van der Waals surface area contributed by atoms with Crippen LogP contribution in [-0.2, 0) is 0 Å². The van der Waals surface area contributed by atoms with Gasteiger partial charge in [-0.15, -0.1) is 0 Å². The first-order valence-electron chi connectivity index (χ1n) is 4.69. The minimum absolute atomic E-state index is 0.231. The van der Waals surface area contributed by atoms with Crippen LogP contribution < -0.4 is 5.32 Å². The number of aromatic nitrogens is 2. The van der Waals surface area contributed by atoms with Crippen LogP contribution in [0, 0.1) is 5.82 Å². The molecule has 17 heavy (non-hydrogen) atoms. The number of benzene rings is 1. The van der Waals surface area contributed by atoms with E-state index in [1.54, 1.807) is 0 Å². The van der Waals surface area contributed by atoms with Crippen molar-refractivity contribution in [3.8, 4) is 0 Å². The van der Waals surface area contributed by atoms with E-state index < -0.39 is 11.7 Å². The van der Waals surface area contributed by atoms with Crippen molar-refractivity contribution in [2.24, 2.45) is 0 Å². The van der Waals surface area contributed by atoms with Gasteiger partial charge in [-0.3, -0.25) is 4.79 Å². The summed E-state index contributed by atoms with van der Waals surface area (Å²) in [6.45, 7) is 0. The summed E-state index contributed by atoms with van der Waals surface area (Å²) in [4.78, 5) is 19.5. The van der Waals surface area contributed by atoms with Crippen molar-refractivity contribution in [2.45, 2.75) is 0 Å². The Hall–Kier alpha value is -1.82. The standard InChI is InChI=1S/C11H7BrFN3O/c12-9-5-15-10(6-14-9)16-11(17)7-2-1-3-8(13)4-7/h1-6H,(H,15,16,17). The van der Waals surface area contributed by atoms with Gasteiger partial charge in [-0.25, -0.2) is 14.4 Å². The Labute approximate surface area is 105 Å². The van der Waals surface area contributed by atoms with E-state index in [2.05, 4.69) is 31.2 Å². The molecular formula is C11H7BrFN3O. The summed E-state index contributed by atoms with van der Waals surface area (Å²) >= 11 is 3.13. The number of halogens is 2. The van der Waals surface area contributed by atoms with E-state index in [4.69, 9.17) is 0 Å². The maximum atomic E-state index is 12.9. The van der Waals surface area contributed by atoms with Gasteiger partial charge < -0.3 is 5.32 Å². The molecule has 2 aromatic rings. The topological polar surface area (TPSA) is 54.9 Å². The Balaban J connectivity index is 2.14. The molecule has 1 aromatic carbocycles. The zero-order chi connectivity index (χ0) is 12.3. The Kier molecular flexibility index (Phi) is 3.43. The number of nitrogens with zero attached hydrogens (tertiary/aromatic N) is 2. The normalized spacial score (nSPS) is 10.0. The lowest BCUT2D eigenvalue weighted by Gasteiger charge is -2.03. The molecule has 1 amide bonds. The van der Waals surface area contributed by atoms with Crippen molar-refractivity contribution in [2.75, 3.05) is 5.32 Å². The summed E-state index contributed by atoms with van der Waals surface area (Å²) in [7, 11) is 0. The molecule has 1 aromatic heterocycles. The summed E-state index contributed by atoms with van der Waals surface area (Å²) in [5, 5.41) is 2.51. The molecule has 0 saturated heterocycles. The smallest absolute Gasteiger partial charge is 0.256 e. The van der Waals surface area contributed by atoms with Gasteiger partial charge in [0.25, 0.3) is 5.91 Å². The highest BCUT2D eigenvalue weighted by Gasteiger charge is 2.07. The number of hydrogen-bond donors (Lipinski definition) is 1. The number of amides is 1. The molecule has 6 heteroatoms. The van der Waals surface area contributed by atoms with Gasteiger partial charge in [-0.1, -0.05) is 6.07 Å². The first-order valence-corrected chi connectivity index (χ1v) is 5.49. The molecular weight excluding hydrogens is 289 g/mol. The highest BCUT2D eigenvalue weighted by Crippen LogP contribution is 2.09. The molecule has 0 unspecified atom stereocenters. The molecule has 0 aliphatic rings. The predicted octanol–water partition coefficient (Wildman–Crippen LogP) is 2.63. The van der Waals surface area contributed by atoms with Gasteiger partial charge in [-0.05, 0) is 34.1 Å². The molecule has 4 nitrogen and oxygen atoms in total. The fourth-order valence-electron chi connectivity index (χ4n) is 1.20. The zero-order valence-electron chi connectivity index (χ0n) is 8.52. The first kappa shape index (κ1) is 11.7. The molecule has 0 radical (unpaired) electrons. The van der Waals surface area contributed by atoms with Crippen LogP contribution in [0.4, 0.5) is 10.2 Å². The quantitative estimate of drug-likeness (QED) is 0.927. The number of rotatable bonds is 2. The fourth-order valence-corrected chi connectivity index (χ4v) is 1.40. The van der Waals surface area contributed by atoms with E-state index in [0.717, 1.165) is 6.07 Å². The van der Waals surface area contributed by atoms with Crippen molar-refractivity contribution in [1.29, 1.82) is 0 Å². The Morgan fingerprint density at radius 3 is 2.76 bits per heavy atom. The van der Waals surface area contributed by atoms with Crippen molar-refractivity contribution in [1.82, 2.24) is 9.97 Å². The number of carbonyl (C=O) groups is 1. The number of carbonyl (C=O) groups excluding carboxylic acids is 1. The third-order valence-corrected chi connectivity index (χ3v) is 2.36. The van der Waals surface area contributed by atoms with E-state index in [1.807, 2.05) is 0 Å². The second-order valence-electron chi connectivity index (χ2n) is 3.19. The van der Waals surface area contributed by atoms with E-state index in [1.165, 1.54) is 30.6 Å². The lowest BCUT2D eigenvalue weighted by Crippen LogP contribution is -2.13. The Morgan fingerprint density at radius 2 is 2.12 bits per heavy atom. The Bertz CT molecular complexity index is 545. The molecule has 0 aliphatic heterocycles. The monoisotopic (exact) mass is 295 g/mol. The molecule has 0 spiro atoms. The molecule has 0 atom stereocenters.